The number of esters is 1. The van der Waals surface area contributed by atoms with Gasteiger partial charge in [0, 0.05) is 11.6 Å². The number of aromatic nitrogens is 1. The van der Waals surface area contributed by atoms with Crippen molar-refractivity contribution in [1.29, 1.82) is 0 Å². The van der Waals surface area contributed by atoms with E-state index >= 15 is 0 Å². The number of hydrogen-bond acceptors (Lipinski definition) is 4. The van der Waals surface area contributed by atoms with Crippen molar-refractivity contribution < 1.29 is 14.3 Å². The molecular formula is C21H26N2O3. The largest absolute Gasteiger partial charge is 0.467 e. The summed E-state index contributed by atoms with van der Waals surface area (Å²) in [4.78, 5) is 29.0. The van der Waals surface area contributed by atoms with E-state index in [2.05, 4.69) is 16.9 Å². The third-order valence-electron chi connectivity index (χ3n) is 4.32. The molecule has 0 saturated heterocycles. The van der Waals surface area contributed by atoms with E-state index in [0.717, 1.165) is 37.5 Å². The normalized spacial score (nSPS) is 11.7. The molecule has 1 N–H and O–H groups in total. The maximum atomic E-state index is 12.7. The van der Waals surface area contributed by atoms with Gasteiger partial charge < -0.3 is 10.1 Å². The van der Waals surface area contributed by atoms with Crippen LogP contribution in [-0.2, 0) is 9.53 Å². The zero-order valence-corrected chi connectivity index (χ0v) is 15.2. The summed E-state index contributed by atoms with van der Waals surface area (Å²) >= 11 is 0. The minimum atomic E-state index is -0.647. The zero-order valence-electron chi connectivity index (χ0n) is 15.2. The molecule has 0 radical (unpaired) electrons. The molecular weight excluding hydrogens is 328 g/mol. The van der Waals surface area contributed by atoms with Gasteiger partial charge in [-0.05, 0) is 31.4 Å². The van der Waals surface area contributed by atoms with E-state index in [1.807, 2.05) is 30.3 Å². The number of carbonyl (C=O) groups is 2. The molecule has 0 saturated carbocycles. The fourth-order valence-corrected chi connectivity index (χ4v) is 2.91. The van der Waals surface area contributed by atoms with E-state index in [4.69, 9.17) is 4.74 Å². The van der Waals surface area contributed by atoms with Crippen molar-refractivity contribution in [1.82, 2.24) is 10.3 Å². The predicted octanol–water partition coefficient (Wildman–Crippen LogP) is 4.03. The summed E-state index contributed by atoms with van der Waals surface area (Å²) in [6.07, 6.45) is 9.17. The van der Waals surface area contributed by atoms with E-state index in [9.17, 15) is 9.59 Å². The predicted molar refractivity (Wildman–Crippen MR) is 103 cm³/mol. The van der Waals surface area contributed by atoms with Gasteiger partial charge in [0.15, 0.2) is 0 Å². The van der Waals surface area contributed by atoms with E-state index in [1.54, 1.807) is 12.3 Å². The molecule has 1 atom stereocenters. The lowest BCUT2D eigenvalue weighted by Crippen LogP contribution is -2.41. The Kier molecular flexibility index (Phi) is 7.80. The van der Waals surface area contributed by atoms with Gasteiger partial charge in [-0.2, -0.15) is 0 Å². The first-order valence-electron chi connectivity index (χ1n) is 9.00. The molecule has 26 heavy (non-hydrogen) atoms. The maximum absolute atomic E-state index is 12.7. The molecule has 2 aromatic rings. The Labute approximate surface area is 154 Å². The number of allylic oxidation sites excluding steroid dienone is 1. The van der Waals surface area contributed by atoms with Crippen molar-refractivity contribution in [3.8, 4) is 0 Å². The van der Waals surface area contributed by atoms with E-state index in [1.165, 1.54) is 7.11 Å². The summed E-state index contributed by atoms with van der Waals surface area (Å²) < 4.78 is 4.85. The van der Waals surface area contributed by atoms with Crippen LogP contribution in [0.15, 0.2) is 49.2 Å². The van der Waals surface area contributed by atoms with Gasteiger partial charge in [-0.15, -0.1) is 6.58 Å². The van der Waals surface area contributed by atoms with Crippen molar-refractivity contribution in [3.05, 3.63) is 54.7 Å². The highest BCUT2D eigenvalue weighted by Crippen LogP contribution is 2.16. The average Bonchev–Trinajstić information content (AvgIpc) is 2.68. The molecule has 1 heterocycles. The van der Waals surface area contributed by atoms with Crippen LogP contribution < -0.4 is 5.32 Å². The zero-order chi connectivity index (χ0) is 18.8. The second-order valence-corrected chi connectivity index (χ2v) is 6.21. The van der Waals surface area contributed by atoms with Gasteiger partial charge in [-0.25, -0.2) is 4.79 Å². The van der Waals surface area contributed by atoms with Crippen LogP contribution in [0.25, 0.3) is 10.9 Å². The number of nitrogens with zero attached hydrogens (tertiary/aromatic N) is 1. The summed E-state index contributed by atoms with van der Waals surface area (Å²) in [5.41, 5.74) is 1.09. The van der Waals surface area contributed by atoms with Crippen molar-refractivity contribution in [3.63, 3.8) is 0 Å². The van der Waals surface area contributed by atoms with Crippen LogP contribution in [0.1, 0.15) is 48.9 Å². The summed E-state index contributed by atoms with van der Waals surface area (Å²) in [6.45, 7) is 3.71. The number of pyridine rings is 1. The van der Waals surface area contributed by atoms with Crippen LogP contribution in [0.2, 0.25) is 0 Å². The number of benzene rings is 1. The number of unbranched alkanes of at least 4 members (excludes halogenated alkanes) is 4. The lowest BCUT2D eigenvalue weighted by Gasteiger charge is -2.17. The quantitative estimate of drug-likeness (QED) is 0.397. The Morgan fingerprint density at radius 1 is 1.19 bits per heavy atom. The lowest BCUT2D eigenvalue weighted by molar-refractivity contribution is -0.143. The standard InChI is InChI=1S/C21H26N2O3/c1-3-4-5-6-7-8-14-18(21(25)26-2)23-20(24)17-13-9-11-16-12-10-15-22-19(16)17/h3,9-13,15,18H,1,4-8,14H2,2H3,(H,23,24)/t18-/m0/s1. The Morgan fingerprint density at radius 2 is 1.96 bits per heavy atom. The first kappa shape index (κ1) is 19.6. The van der Waals surface area contributed by atoms with Gasteiger partial charge in [0.25, 0.3) is 5.91 Å². The average molecular weight is 354 g/mol. The first-order chi connectivity index (χ1) is 12.7. The summed E-state index contributed by atoms with van der Waals surface area (Å²) in [5.74, 6) is -0.728. The molecule has 0 fully saturated rings. The molecule has 5 nitrogen and oxygen atoms in total. The number of amides is 1. The van der Waals surface area contributed by atoms with Crippen molar-refractivity contribution in [2.45, 2.75) is 44.6 Å². The van der Waals surface area contributed by atoms with Crippen LogP contribution in [0.4, 0.5) is 0 Å². The number of hydrogen-bond donors (Lipinski definition) is 1. The van der Waals surface area contributed by atoms with Gasteiger partial charge in [0.2, 0.25) is 0 Å². The van der Waals surface area contributed by atoms with Gasteiger partial charge in [-0.1, -0.05) is 43.5 Å². The number of rotatable bonds is 10. The molecule has 1 aromatic heterocycles. The number of methoxy groups -OCH3 is 1. The number of para-hydroxylation sites is 1. The van der Waals surface area contributed by atoms with Crippen LogP contribution in [0.5, 0.6) is 0 Å². The van der Waals surface area contributed by atoms with Crippen molar-refractivity contribution in [2.75, 3.05) is 7.11 Å². The maximum Gasteiger partial charge on any atom is 0.328 e. The van der Waals surface area contributed by atoms with Crippen molar-refractivity contribution >= 4 is 22.8 Å². The third kappa shape index (κ3) is 5.41. The van der Waals surface area contributed by atoms with Crippen LogP contribution in [0, 0.1) is 0 Å². The fourth-order valence-electron chi connectivity index (χ4n) is 2.91. The molecule has 0 unspecified atom stereocenters. The number of ether oxygens (including phenoxy) is 1. The summed E-state index contributed by atoms with van der Waals surface area (Å²) in [7, 11) is 1.34. The third-order valence-corrected chi connectivity index (χ3v) is 4.32. The van der Waals surface area contributed by atoms with E-state index in [-0.39, 0.29) is 5.91 Å². The second-order valence-electron chi connectivity index (χ2n) is 6.21. The molecule has 0 aliphatic carbocycles. The second kappa shape index (κ2) is 10.3. The SMILES string of the molecule is C=CCCCCCC[C@H](NC(=O)c1cccc2cccnc12)C(=O)OC. The summed E-state index contributed by atoms with van der Waals surface area (Å²) in [6, 6.07) is 8.51. The van der Waals surface area contributed by atoms with Gasteiger partial charge in [0.05, 0.1) is 18.2 Å². The molecule has 138 valence electrons. The smallest absolute Gasteiger partial charge is 0.328 e. The van der Waals surface area contributed by atoms with Crippen LogP contribution >= 0.6 is 0 Å². The van der Waals surface area contributed by atoms with E-state index < -0.39 is 12.0 Å². The summed E-state index contributed by atoms with van der Waals surface area (Å²) in [5, 5.41) is 3.69. The lowest BCUT2D eigenvalue weighted by atomic mass is 10.0. The minimum Gasteiger partial charge on any atom is -0.467 e. The van der Waals surface area contributed by atoms with Crippen molar-refractivity contribution in [2.24, 2.45) is 0 Å². The molecule has 0 spiro atoms. The minimum absolute atomic E-state index is 0.309. The monoisotopic (exact) mass is 354 g/mol. The highest BCUT2D eigenvalue weighted by molar-refractivity contribution is 6.06. The Morgan fingerprint density at radius 3 is 2.73 bits per heavy atom. The molecule has 1 aromatic carbocycles. The molecule has 0 aliphatic heterocycles. The highest BCUT2D eigenvalue weighted by Gasteiger charge is 2.22. The highest BCUT2D eigenvalue weighted by atomic mass is 16.5. The Hall–Kier alpha value is -2.69. The molecule has 0 aliphatic rings. The molecule has 1 amide bonds. The molecule has 2 rings (SSSR count). The fraction of sp³-hybridized carbons (Fsp3) is 0.381. The van der Waals surface area contributed by atoms with E-state index in [0.29, 0.717) is 17.5 Å². The Balaban J connectivity index is 2.01. The molecule has 0 bridgehead atoms. The first-order valence-corrected chi connectivity index (χ1v) is 9.00. The Bertz CT molecular complexity index is 753. The van der Waals surface area contributed by atoms with Gasteiger partial charge in [-0.3, -0.25) is 9.78 Å². The van der Waals surface area contributed by atoms with Crippen LogP contribution in [-0.4, -0.2) is 30.0 Å². The number of carbonyl (C=O) groups excluding carboxylic acids is 2. The number of nitrogens with one attached hydrogen (secondary N) is 1. The molecule has 5 heteroatoms. The number of fused-ring (bicyclic) bond motifs is 1. The van der Waals surface area contributed by atoms with Gasteiger partial charge in [0.1, 0.15) is 6.04 Å². The topological polar surface area (TPSA) is 68.3 Å². The van der Waals surface area contributed by atoms with Crippen LogP contribution in [0.3, 0.4) is 0 Å². The van der Waals surface area contributed by atoms with Gasteiger partial charge >= 0.3 is 5.97 Å².